The van der Waals surface area contributed by atoms with E-state index in [1.165, 1.54) is 24.4 Å². The van der Waals surface area contributed by atoms with Gasteiger partial charge in [-0.3, -0.25) is 4.72 Å². The van der Waals surface area contributed by atoms with E-state index in [9.17, 15) is 8.42 Å². The number of halogens is 2. The molecule has 106 valence electrons. The zero-order valence-corrected chi connectivity index (χ0v) is 12.7. The first kappa shape index (κ1) is 14.9. The topological polar surface area (TPSA) is 85.1 Å². The second kappa shape index (κ2) is 5.47. The molecule has 0 atom stereocenters. The van der Waals surface area contributed by atoms with Gasteiger partial charge in [0.25, 0.3) is 10.0 Å². The summed E-state index contributed by atoms with van der Waals surface area (Å²) in [5.74, 6) is 0.174. The highest BCUT2D eigenvalue weighted by atomic mass is 35.5. The number of aromatic nitrogens is 1. The van der Waals surface area contributed by atoms with Crippen molar-refractivity contribution in [2.45, 2.75) is 11.8 Å². The minimum Gasteiger partial charge on any atom is -0.397 e. The Balaban J connectivity index is 2.37. The van der Waals surface area contributed by atoms with Crippen LogP contribution in [0.3, 0.4) is 0 Å². The Labute approximate surface area is 126 Å². The van der Waals surface area contributed by atoms with Crippen molar-refractivity contribution in [2.75, 3.05) is 10.5 Å². The second-order valence-corrected chi connectivity index (χ2v) is 6.69. The van der Waals surface area contributed by atoms with Crippen molar-refractivity contribution in [2.24, 2.45) is 0 Å². The number of nitrogens with two attached hydrogens (primary N) is 1. The van der Waals surface area contributed by atoms with E-state index in [0.717, 1.165) is 5.56 Å². The first-order valence-corrected chi connectivity index (χ1v) is 7.73. The van der Waals surface area contributed by atoms with Crippen LogP contribution in [0.25, 0.3) is 0 Å². The monoisotopic (exact) mass is 331 g/mol. The molecule has 0 aliphatic heterocycles. The third-order valence-corrected chi connectivity index (χ3v) is 4.31. The molecule has 8 heteroatoms. The Hall–Kier alpha value is -1.50. The van der Waals surface area contributed by atoms with Crippen LogP contribution in [-0.4, -0.2) is 13.4 Å². The lowest BCUT2D eigenvalue weighted by molar-refractivity contribution is 0.601. The highest BCUT2D eigenvalue weighted by molar-refractivity contribution is 7.92. The summed E-state index contributed by atoms with van der Waals surface area (Å²) in [4.78, 5) is 3.88. The van der Waals surface area contributed by atoms with E-state index in [-0.39, 0.29) is 20.8 Å². The Kier molecular flexibility index (Phi) is 4.08. The van der Waals surface area contributed by atoms with Crippen LogP contribution >= 0.6 is 23.2 Å². The molecule has 0 unspecified atom stereocenters. The predicted molar refractivity (Wildman–Crippen MR) is 80.7 cm³/mol. The van der Waals surface area contributed by atoms with Gasteiger partial charge in [0, 0.05) is 10.0 Å². The number of nitrogens with one attached hydrogen (secondary N) is 1. The number of nitrogens with zero attached hydrogens (tertiary/aromatic N) is 1. The molecular formula is C12H11Cl2N3O2S. The lowest BCUT2D eigenvalue weighted by Gasteiger charge is -2.09. The molecule has 1 aromatic heterocycles. The first-order chi connectivity index (χ1) is 9.28. The molecule has 5 nitrogen and oxygen atoms in total. The van der Waals surface area contributed by atoms with Gasteiger partial charge in [-0.25, -0.2) is 13.4 Å². The molecule has 1 aromatic carbocycles. The maximum absolute atomic E-state index is 12.2. The van der Waals surface area contributed by atoms with E-state index in [4.69, 9.17) is 28.9 Å². The van der Waals surface area contributed by atoms with Crippen molar-refractivity contribution in [3.8, 4) is 0 Å². The molecule has 0 amide bonds. The molecule has 2 aromatic rings. The number of anilines is 2. The van der Waals surface area contributed by atoms with Crippen molar-refractivity contribution in [3.05, 3.63) is 46.1 Å². The van der Waals surface area contributed by atoms with Gasteiger partial charge >= 0.3 is 0 Å². The number of aryl methyl sites for hydroxylation is 1. The number of sulfonamides is 1. The zero-order valence-electron chi connectivity index (χ0n) is 10.4. The molecule has 0 aliphatic carbocycles. The molecule has 3 N–H and O–H groups in total. The van der Waals surface area contributed by atoms with Gasteiger partial charge in [-0.05, 0) is 36.8 Å². The summed E-state index contributed by atoms with van der Waals surface area (Å²) in [5, 5.41) is 0.471. The first-order valence-electron chi connectivity index (χ1n) is 5.49. The number of rotatable bonds is 3. The fourth-order valence-corrected chi connectivity index (χ4v) is 3.23. The van der Waals surface area contributed by atoms with Gasteiger partial charge in [0.15, 0.2) is 0 Å². The maximum atomic E-state index is 12.2. The molecule has 0 aliphatic rings. The standard InChI is InChI=1S/C12H11Cl2N3O2S/c1-7-2-12(16-6-11(7)15)17-20(18,19)10-4-8(13)3-9(14)5-10/h2-6H,15H2,1H3,(H,16,17). The average molecular weight is 332 g/mol. The second-order valence-electron chi connectivity index (χ2n) is 4.14. The van der Waals surface area contributed by atoms with Gasteiger partial charge in [-0.1, -0.05) is 23.2 Å². The zero-order chi connectivity index (χ0) is 14.9. The van der Waals surface area contributed by atoms with Gasteiger partial charge in [0.1, 0.15) is 5.82 Å². The Bertz CT molecular complexity index is 743. The normalized spacial score (nSPS) is 11.3. The Morgan fingerprint density at radius 2 is 1.75 bits per heavy atom. The van der Waals surface area contributed by atoms with Crippen molar-refractivity contribution < 1.29 is 8.42 Å². The van der Waals surface area contributed by atoms with E-state index in [1.54, 1.807) is 13.0 Å². The predicted octanol–water partition coefficient (Wildman–Crippen LogP) is 3.08. The maximum Gasteiger partial charge on any atom is 0.263 e. The Morgan fingerprint density at radius 3 is 2.30 bits per heavy atom. The number of hydrogen-bond acceptors (Lipinski definition) is 4. The van der Waals surface area contributed by atoms with Gasteiger partial charge in [-0.2, -0.15) is 0 Å². The number of benzene rings is 1. The van der Waals surface area contributed by atoms with Crippen LogP contribution in [0, 0.1) is 6.92 Å². The quantitative estimate of drug-likeness (QED) is 0.904. The molecule has 1 heterocycles. The fraction of sp³-hybridized carbons (Fsp3) is 0.0833. The molecule has 0 saturated carbocycles. The van der Waals surface area contributed by atoms with Crippen molar-refractivity contribution >= 4 is 44.7 Å². The highest BCUT2D eigenvalue weighted by Gasteiger charge is 2.16. The summed E-state index contributed by atoms with van der Waals surface area (Å²) in [6.07, 6.45) is 1.39. The summed E-state index contributed by atoms with van der Waals surface area (Å²) < 4.78 is 26.8. The van der Waals surface area contributed by atoms with Crippen LogP contribution in [0.5, 0.6) is 0 Å². The summed E-state index contributed by atoms with van der Waals surface area (Å²) in [6.45, 7) is 1.76. The molecule has 0 spiro atoms. The third-order valence-electron chi connectivity index (χ3n) is 2.54. The minimum absolute atomic E-state index is 0.0359. The fourth-order valence-electron chi connectivity index (χ4n) is 1.50. The van der Waals surface area contributed by atoms with Crippen molar-refractivity contribution in [1.29, 1.82) is 0 Å². The van der Waals surface area contributed by atoms with E-state index in [0.29, 0.717) is 5.69 Å². The highest BCUT2D eigenvalue weighted by Crippen LogP contribution is 2.24. The van der Waals surface area contributed by atoms with E-state index < -0.39 is 10.0 Å². The van der Waals surface area contributed by atoms with Gasteiger partial charge < -0.3 is 5.73 Å². The largest absolute Gasteiger partial charge is 0.397 e. The molecule has 0 bridgehead atoms. The summed E-state index contributed by atoms with van der Waals surface area (Å²) >= 11 is 11.6. The molecular weight excluding hydrogens is 321 g/mol. The summed E-state index contributed by atoms with van der Waals surface area (Å²) in [7, 11) is -3.81. The number of hydrogen-bond donors (Lipinski definition) is 2. The molecule has 0 fully saturated rings. The molecule has 0 radical (unpaired) electrons. The van der Waals surface area contributed by atoms with Crippen LogP contribution < -0.4 is 10.5 Å². The number of nitrogen functional groups attached to an aromatic ring is 1. The van der Waals surface area contributed by atoms with Crippen molar-refractivity contribution in [3.63, 3.8) is 0 Å². The minimum atomic E-state index is -3.81. The SMILES string of the molecule is Cc1cc(NS(=O)(=O)c2cc(Cl)cc(Cl)c2)ncc1N. The lowest BCUT2D eigenvalue weighted by atomic mass is 10.2. The van der Waals surface area contributed by atoms with Crippen LogP contribution in [0.2, 0.25) is 10.0 Å². The van der Waals surface area contributed by atoms with Gasteiger partial charge in [0.05, 0.1) is 16.8 Å². The summed E-state index contributed by atoms with van der Waals surface area (Å²) in [5.41, 5.74) is 6.84. The van der Waals surface area contributed by atoms with Crippen molar-refractivity contribution in [1.82, 2.24) is 4.98 Å². The smallest absolute Gasteiger partial charge is 0.263 e. The molecule has 0 saturated heterocycles. The van der Waals surface area contributed by atoms with Crippen LogP contribution in [0.1, 0.15) is 5.56 Å². The summed E-state index contributed by atoms with van der Waals surface area (Å²) in [6, 6.07) is 5.60. The molecule has 2 rings (SSSR count). The van der Waals surface area contributed by atoms with Crippen LogP contribution in [0.15, 0.2) is 35.4 Å². The third kappa shape index (κ3) is 3.33. The number of pyridine rings is 1. The van der Waals surface area contributed by atoms with Gasteiger partial charge in [0.2, 0.25) is 0 Å². The van der Waals surface area contributed by atoms with Gasteiger partial charge in [-0.15, -0.1) is 0 Å². The van der Waals surface area contributed by atoms with E-state index in [1.807, 2.05) is 0 Å². The Morgan fingerprint density at radius 1 is 1.15 bits per heavy atom. The average Bonchev–Trinajstić information content (AvgIpc) is 2.32. The van der Waals surface area contributed by atoms with E-state index >= 15 is 0 Å². The van der Waals surface area contributed by atoms with E-state index in [2.05, 4.69) is 9.71 Å². The lowest BCUT2D eigenvalue weighted by Crippen LogP contribution is -2.14. The van der Waals surface area contributed by atoms with Crippen LogP contribution in [-0.2, 0) is 10.0 Å². The van der Waals surface area contributed by atoms with Crippen LogP contribution in [0.4, 0.5) is 11.5 Å². The molecule has 20 heavy (non-hydrogen) atoms.